The number of ether oxygens (including phenoxy) is 1. The summed E-state index contributed by atoms with van der Waals surface area (Å²) >= 11 is 0. The van der Waals surface area contributed by atoms with Crippen molar-refractivity contribution in [3.63, 3.8) is 0 Å². The summed E-state index contributed by atoms with van der Waals surface area (Å²) in [5.41, 5.74) is 0. The molecule has 0 aromatic rings. The van der Waals surface area contributed by atoms with Crippen LogP contribution in [-0.4, -0.2) is 54.4 Å². The molecule has 0 spiro atoms. The minimum Gasteiger partial charge on any atom is -0.481 e. The number of carbonyl (C=O) groups is 2. The molecule has 0 aliphatic heterocycles. The van der Waals surface area contributed by atoms with Crippen molar-refractivity contribution in [2.45, 2.75) is 57.0 Å². The summed E-state index contributed by atoms with van der Waals surface area (Å²) in [7, 11) is 1.62. The first-order valence-corrected chi connectivity index (χ1v) is 7.92. The number of rotatable bonds is 6. The third kappa shape index (κ3) is 4.59. The van der Waals surface area contributed by atoms with Gasteiger partial charge < -0.3 is 20.1 Å². The number of carboxylic acids is 1. The quantitative estimate of drug-likeness (QED) is 0.733. The summed E-state index contributed by atoms with van der Waals surface area (Å²) in [5, 5.41) is 12.3. The maximum Gasteiger partial charge on any atom is 0.317 e. The van der Waals surface area contributed by atoms with Crippen LogP contribution in [0.2, 0.25) is 0 Å². The van der Waals surface area contributed by atoms with Gasteiger partial charge in [-0.2, -0.15) is 0 Å². The second kappa shape index (κ2) is 7.64. The Bertz CT molecular complexity index is 371. The lowest BCUT2D eigenvalue weighted by Gasteiger charge is -2.28. The van der Waals surface area contributed by atoms with Crippen LogP contribution in [0, 0.1) is 5.92 Å². The van der Waals surface area contributed by atoms with E-state index in [-0.39, 0.29) is 12.1 Å². The van der Waals surface area contributed by atoms with Crippen LogP contribution in [0.3, 0.4) is 0 Å². The van der Waals surface area contributed by atoms with Crippen molar-refractivity contribution >= 4 is 12.0 Å². The van der Waals surface area contributed by atoms with Crippen molar-refractivity contribution < 1.29 is 19.4 Å². The van der Waals surface area contributed by atoms with Gasteiger partial charge in [0, 0.05) is 25.7 Å². The van der Waals surface area contributed by atoms with Crippen molar-refractivity contribution in [2.75, 3.05) is 20.3 Å². The summed E-state index contributed by atoms with van der Waals surface area (Å²) in [6, 6.07) is -0.0804. The molecule has 2 rings (SSSR count). The monoisotopic (exact) mass is 298 g/mol. The van der Waals surface area contributed by atoms with E-state index in [1.807, 2.05) is 0 Å². The van der Waals surface area contributed by atoms with Gasteiger partial charge in [0.2, 0.25) is 0 Å². The molecule has 2 aliphatic rings. The van der Waals surface area contributed by atoms with Gasteiger partial charge in [0.15, 0.2) is 0 Å². The van der Waals surface area contributed by atoms with Gasteiger partial charge in [-0.1, -0.05) is 19.3 Å². The fourth-order valence-electron chi connectivity index (χ4n) is 3.04. The molecule has 0 heterocycles. The SMILES string of the molecule is COCCN(C(=O)NC1CCCCCC1C(=O)O)C1CC1. The predicted octanol–water partition coefficient (Wildman–Crippen LogP) is 1.84. The van der Waals surface area contributed by atoms with Gasteiger partial charge in [0.05, 0.1) is 12.5 Å². The largest absolute Gasteiger partial charge is 0.481 e. The first-order valence-electron chi connectivity index (χ1n) is 7.92. The van der Waals surface area contributed by atoms with Gasteiger partial charge in [-0.15, -0.1) is 0 Å². The average molecular weight is 298 g/mol. The number of hydrogen-bond donors (Lipinski definition) is 2. The molecule has 2 aliphatic carbocycles. The minimum absolute atomic E-state index is 0.132. The van der Waals surface area contributed by atoms with Gasteiger partial charge in [0.25, 0.3) is 0 Å². The Morgan fingerprint density at radius 2 is 1.90 bits per heavy atom. The molecule has 6 nitrogen and oxygen atoms in total. The van der Waals surface area contributed by atoms with E-state index in [9.17, 15) is 14.7 Å². The molecule has 2 fully saturated rings. The maximum absolute atomic E-state index is 12.4. The highest BCUT2D eigenvalue weighted by Gasteiger charge is 2.36. The highest BCUT2D eigenvalue weighted by molar-refractivity contribution is 5.77. The normalized spacial score (nSPS) is 26.0. The highest BCUT2D eigenvalue weighted by atomic mass is 16.5. The fourth-order valence-corrected chi connectivity index (χ4v) is 3.04. The zero-order valence-electron chi connectivity index (χ0n) is 12.7. The molecular formula is C15H26N2O4. The zero-order chi connectivity index (χ0) is 15.2. The summed E-state index contributed by atoms with van der Waals surface area (Å²) in [4.78, 5) is 25.6. The van der Waals surface area contributed by atoms with E-state index in [0.717, 1.165) is 38.5 Å². The Morgan fingerprint density at radius 1 is 1.19 bits per heavy atom. The van der Waals surface area contributed by atoms with Crippen LogP contribution in [0.4, 0.5) is 4.79 Å². The first-order chi connectivity index (χ1) is 10.1. The van der Waals surface area contributed by atoms with Crippen LogP contribution in [0.15, 0.2) is 0 Å². The number of nitrogens with one attached hydrogen (secondary N) is 1. The highest BCUT2D eigenvalue weighted by Crippen LogP contribution is 2.28. The molecule has 2 atom stereocenters. The van der Waals surface area contributed by atoms with Gasteiger partial charge in [-0.3, -0.25) is 4.79 Å². The minimum atomic E-state index is -0.794. The second-order valence-electron chi connectivity index (χ2n) is 6.06. The molecule has 6 heteroatoms. The lowest BCUT2D eigenvalue weighted by Crippen LogP contribution is -2.50. The van der Waals surface area contributed by atoms with E-state index in [1.54, 1.807) is 12.0 Å². The molecular weight excluding hydrogens is 272 g/mol. The third-order valence-corrected chi connectivity index (χ3v) is 4.43. The van der Waals surface area contributed by atoms with Crippen molar-refractivity contribution in [2.24, 2.45) is 5.92 Å². The number of hydrogen-bond acceptors (Lipinski definition) is 3. The number of carboxylic acid groups (broad SMARTS) is 1. The Labute approximate surface area is 125 Å². The molecule has 2 amide bonds. The van der Waals surface area contributed by atoms with Crippen LogP contribution >= 0.6 is 0 Å². The Balaban J connectivity index is 1.95. The summed E-state index contributed by atoms with van der Waals surface area (Å²) in [5.74, 6) is -1.25. The van der Waals surface area contributed by atoms with E-state index >= 15 is 0 Å². The Hall–Kier alpha value is -1.30. The Morgan fingerprint density at radius 3 is 2.52 bits per heavy atom. The van der Waals surface area contributed by atoms with Crippen molar-refractivity contribution in [3.8, 4) is 0 Å². The number of aliphatic carboxylic acids is 1. The molecule has 0 saturated heterocycles. The molecule has 0 bridgehead atoms. The van der Waals surface area contributed by atoms with E-state index in [4.69, 9.17) is 4.74 Å². The van der Waals surface area contributed by atoms with Crippen molar-refractivity contribution in [1.82, 2.24) is 10.2 Å². The molecule has 0 radical (unpaired) electrons. The fraction of sp³-hybridized carbons (Fsp3) is 0.867. The number of nitrogens with zero attached hydrogens (tertiary/aromatic N) is 1. The lowest BCUT2D eigenvalue weighted by atomic mass is 9.95. The zero-order valence-corrected chi connectivity index (χ0v) is 12.7. The van der Waals surface area contributed by atoms with Gasteiger partial charge in [-0.05, 0) is 25.7 Å². The molecule has 0 aromatic heterocycles. The van der Waals surface area contributed by atoms with E-state index in [0.29, 0.717) is 25.6 Å². The van der Waals surface area contributed by atoms with Crippen LogP contribution in [0.5, 0.6) is 0 Å². The number of amides is 2. The summed E-state index contributed by atoms with van der Waals surface area (Å²) in [6.45, 7) is 1.08. The van der Waals surface area contributed by atoms with Crippen molar-refractivity contribution in [1.29, 1.82) is 0 Å². The maximum atomic E-state index is 12.4. The lowest BCUT2D eigenvalue weighted by molar-refractivity contribution is -0.142. The van der Waals surface area contributed by atoms with Gasteiger partial charge in [-0.25, -0.2) is 4.79 Å². The third-order valence-electron chi connectivity index (χ3n) is 4.43. The van der Waals surface area contributed by atoms with Crippen LogP contribution in [0.1, 0.15) is 44.9 Å². The van der Waals surface area contributed by atoms with Gasteiger partial charge >= 0.3 is 12.0 Å². The first kappa shape index (κ1) is 16.1. The molecule has 2 saturated carbocycles. The number of carbonyl (C=O) groups excluding carboxylic acids is 1. The molecule has 120 valence electrons. The molecule has 2 N–H and O–H groups in total. The predicted molar refractivity (Wildman–Crippen MR) is 78.1 cm³/mol. The van der Waals surface area contributed by atoms with Crippen LogP contribution in [-0.2, 0) is 9.53 Å². The van der Waals surface area contributed by atoms with Crippen LogP contribution < -0.4 is 5.32 Å². The molecule has 21 heavy (non-hydrogen) atoms. The molecule has 0 aromatic carbocycles. The van der Waals surface area contributed by atoms with E-state index < -0.39 is 11.9 Å². The van der Waals surface area contributed by atoms with Crippen molar-refractivity contribution in [3.05, 3.63) is 0 Å². The topological polar surface area (TPSA) is 78.9 Å². The van der Waals surface area contributed by atoms with E-state index in [2.05, 4.69) is 5.32 Å². The Kier molecular flexibility index (Phi) is 5.85. The number of methoxy groups -OCH3 is 1. The van der Waals surface area contributed by atoms with Crippen LogP contribution in [0.25, 0.3) is 0 Å². The average Bonchev–Trinajstić information content (AvgIpc) is 3.26. The second-order valence-corrected chi connectivity index (χ2v) is 6.06. The number of urea groups is 1. The summed E-state index contributed by atoms with van der Waals surface area (Å²) in [6.07, 6.45) is 6.43. The standard InChI is InChI=1S/C15H26N2O4/c1-21-10-9-17(11-7-8-11)15(20)16-13-6-4-2-3-5-12(13)14(18)19/h11-13H,2-10H2,1H3,(H,16,20)(H,18,19). The summed E-state index contributed by atoms with van der Waals surface area (Å²) < 4.78 is 5.05. The van der Waals surface area contributed by atoms with E-state index in [1.165, 1.54) is 0 Å². The smallest absolute Gasteiger partial charge is 0.317 e. The molecule has 2 unspecified atom stereocenters. The van der Waals surface area contributed by atoms with Gasteiger partial charge in [0.1, 0.15) is 0 Å².